The Kier molecular flexibility index (Phi) is 8.05. The molecular weight excluding hydrogens is 411 g/mol. The van der Waals surface area contributed by atoms with Crippen LogP contribution in [0, 0.1) is 5.82 Å². The van der Waals surface area contributed by atoms with Gasteiger partial charge in [0.2, 0.25) is 15.9 Å². The standard InChI is InChI=1S/C21H27FN2O5S/c1-5-18(24(30(4,26)27)17-9-7-16(22)8-10-17)21(25)23-13-12-15-6-11-19(28-2)20(14-15)29-3/h6-11,14,18H,5,12-13H2,1-4H3,(H,23,25)/t18-/m1/s1. The summed E-state index contributed by atoms with van der Waals surface area (Å²) in [6, 6.07) is 9.53. The van der Waals surface area contributed by atoms with Crippen LogP contribution in [0.4, 0.5) is 10.1 Å². The lowest BCUT2D eigenvalue weighted by atomic mass is 10.1. The summed E-state index contributed by atoms with van der Waals surface area (Å²) in [4.78, 5) is 12.8. The number of hydrogen-bond acceptors (Lipinski definition) is 5. The van der Waals surface area contributed by atoms with Gasteiger partial charge in [0.05, 0.1) is 26.2 Å². The molecule has 1 amide bonds. The Labute approximate surface area is 176 Å². The fourth-order valence-corrected chi connectivity index (χ4v) is 4.34. The first-order valence-electron chi connectivity index (χ1n) is 9.44. The number of anilines is 1. The van der Waals surface area contributed by atoms with Gasteiger partial charge in [0, 0.05) is 6.54 Å². The Hall–Kier alpha value is -2.81. The highest BCUT2D eigenvalue weighted by atomic mass is 32.2. The number of carbonyl (C=O) groups is 1. The molecule has 164 valence electrons. The van der Waals surface area contributed by atoms with Gasteiger partial charge in [-0.05, 0) is 54.8 Å². The van der Waals surface area contributed by atoms with Gasteiger partial charge in [0.25, 0.3) is 0 Å². The van der Waals surface area contributed by atoms with Gasteiger partial charge in [0.15, 0.2) is 11.5 Å². The summed E-state index contributed by atoms with van der Waals surface area (Å²) in [5, 5.41) is 2.79. The van der Waals surface area contributed by atoms with E-state index in [1.165, 1.54) is 12.1 Å². The second kappa shape index (κ2) is 10.3. The van der Waals surface area contributed by atoms with Crippen LogP contribution in [-0.4, -0.2) is 47.4 Å². The SMILES string of the molecule is CC[C@H](C(=O)NCCc1ccc(OC)c(OC)c1)N(c1ccc(F)cc1)S(C)(=O)=O. The third-order valence-electron chi connectivity index (χ3n) is 4.57. The van der Waals surface area contributed by atoms with Crippen LogP contribution in [0.25, 0.3) is 0 Å². The van der Waals surface area contributed by atoms with Crippen molar-refractivity contribution in [1.82, 2.24) is 5.32 Å². The molecule has 2 aromatic carbocycles. The van der Waals surface area contributed by atoms with Crippen molar-refractivity contribution >= 4 is 21.6 Å². The quantitative estimate of drug-likeness (QED) is 0.617. The monoisotopic (exact) mass is 438 g/mol. The van der Waals surface area contributed by atoms with Crippen molar-refractivity contribution in [2.24, 2.45) is 0 Å². The van der Waals surface area contributed by atoms with Crippen LogP contribution in [0.3, 0.4) is 0 Å². The number of nitrogens with zero attached hydrogens (tertiary/aromatic N) is 1. The predicted octanol–water partition coefficient (Wildman–Crippen LogP) is 2.75. The number of benzene rings is 2. The zero-order valence-electron chi connectivity index (χ0n) is 17.5. The van der Waals surface area contributed by atoms with Crippen molar-refractivity contribution < 1.29 is 27.1 Å². The molecule has 0 aromatic heterocycles. The van der Waals surface area contributed by atoms with E-state index < -0.39 is 27.8 Å². The van der Waals surface area contributed by atoms with Gasteiger partial charge in [-0.3, -0.25) is 9.10 Å². The summed E-state index contributed by atoms with van der Waals surface area (Å²) in [7, 11) is -0.662. The number of sulfonamides is 1. The average molecular weight is 439 g/mol. The lowest BCUT2D eigenvalue weighted by Crippen LogP contribution is -2.49. The number of hydrogen-bond donors (Lipinski definition) is 1. The van der Waals surface area contributed by atoms with Gasteiger partial charge in [-0.1, -0.05) is 13.0 Å². The smallest absolute Gasteiger partial charge is 0.243 e. The zero-order valence-corrected chi connectivity index (χ0v) is 18.3. The number of ether oxygens (including phenoxy) is 2. The van der Waals surface area contributed by atoms with Crippen molar-refractivity contribution in [1.29, 1.82) is 0 Å². The molecule has 0 spiro atoms. The fourth-order valence-electron chi connectivity index (χ4n) is 3.13. The second-order valence-corrected chi connectivity index (χ2v) is 8.55. The Bertz CT molecular complexity index is 964. The third kappa shape index (κ3) is 5.85. The summed E-state index contributed by atoms with van der Waals surface area (Å²) in [5.74, 6) is 0.291. The Balaban J connectivity index is 2.11. The Morgan fingerprint density at radius 1 is 1.10 bits per heavy atom. The van der Waals surface area contributed by atoms with Crippen LogP contribution >= 0.6 is 0 Å². The molecular formula is C21H27FN2O5S. The van der Waals surface area contributed by atoms with Gasteiger partial charge < -0.3 is 14.8 Å². The number of halogens is 1. The fraction of sp³-hybridized carbons (Fsp3) is 0.381. The molecule has 0 aliphatic heterocycles. The summed E-state index contributed by atoms with van der Waals surface area (Å²) in [5.41, 5.74) is 1.17. The summed E-state index contributed by atoms with van der Waals surface area (Å²) < 4.78 is 49.5. The minimum atomic E-state index is -3.76. The van der Waals surface area contributed by atoms with Gasteiger partial charge in [-0.25, -0.2) is 12.8 Å². The van der Waals surface area contributed by atoms with Crippen molar-refractivity contribution in [3.8, 4) is 11.5 Å². The summed E-state index contributed by atoms with van der Waals surface area (Å²) in [6.07, 6.45) is 1.81. The molecule has 0 heterocycles. The van der Waals surface area contributed by atoms with E-state index in [2.05, 4.69) is 5.32 Å². The van der Waals surface area contributed by atoms with Crippen LogP contribution in [0.1, 0.15) is 18.9 Å². The molecule has 7 nitrogen and oxygen atoms in total. The van der Waals surface area contributed by atoms with Crippen LogP contribution in [0.2, 0.25) is 0 Å². The minimum absolute atomic E-state index is 0.237. The first-order chi connectivity index (χ1) is 14.2. The van der Waals surface area contributed by atoms with Crippen molar-refractivity contribution in [3.05, 3.63) is 53.8 Å². The van der Waals surface area contributed by atoms with Crippen LogP contribution in [0.5, 0.6) is 11.5 Å². The van der Waals surface area contributed by atoms with Crippen molar-refractivity contribution in [3.63, 3.8) is 0 Å². The molecule has 0 bridgehead atoms. The number of nitrogens with one attached hydrogen (secondary N) is 1. The zero-order chi connectivity index (χ0) is 22.3. The van der Waals surface area contributed by atoms with Gasteiger partial charge in [-0.15, -0.1) is 0 Å². The molecule has 0 aliphatic carbocycles. The van der Waals surface area contributed by atoms with E-state index in [1.807, 2.05) is 12.1 Å². The lowest BCUT2D eigenvalue weighted by molar-refractivity contribution is -0.122. The summed E-state index contributed by atoms with van der Waals surface area (Å²) >= 11 is 0. The highest BCUT2D eigenvalue weighted by Gasteiger charge is 2.31. The topological polar surface area (TPSA) is 84.9 Å². The highest BCUT2D eigenvalue weighted by Crippen LogP contribution is 2.27. The third-order valence-corrected chi connectivity index (χ3v) is 5.75. The average Bonchev–Trinajstić information content (AvgIpc) is 2.71. The molecule has 2 aromatic rings. The number of rotatable bonds is 10. The van der Waals surface area contributed by atoms with Crippen LogP contribution in [0.15, 0.2) is 42.5 Å². The van der Waals surface area contributed by atoms with E-state index in [4.69, 9.17) is 9.47 Å². The molecule has 0 saturated carbocycles. The van der Waals surface area contributed by atoms with E-state index in [0.717, 1.165) is 28.3 Å². The number of carbonyl (C=O) groups excluding carboxylic acids is 1. The van der Waals surface area contributed by atoms with Crippen molar-refractivity contribution in [2.75, 3.05) is 31.3 Å². The van der Waals surface area contributed by atoms with Gasteiger partial charge in [-0.2, -0.15) is 0 Å². The van der Waals surface area contributed by atoms with Gasteiger partial charge in [0.1, 0.15) is 11.9 Å². The van der Waals surface area contributed by atoms with E-state index >= 15 is 0 Å². The molecule has 0 saturated heterocycles. The van der Waals surface area contributed by atoms with Crippen LogP contribution < -0.4 is 19.1 Å². The number of amides is 1. The predicted molar refractivity (Wildman–Crippen MR) is 114 cm³/mol. The van der Waals surface area contributed by atoms with E-state index in [0.29, 0.717) is 24.5 Å². The van der Waals surface area contributed by atoms with Crippen molar-refractivity contribution in [2.45, 2.75) is 25.8 Å². The first kappa shape index (κ1) is 23.5. The highest BCUT2D eigenvalue weighted by molar-refractivity contribution is 7.92. The lowest BCUT2D eigenvalue weighted by Gasteiger charge is -2.30. The number of methoxy groups -OCH3 is 2. The maximum absolute atomic E-state index is 13.3. The van der Waals surface area contributed by atoms with E-state index in [9.17, 15) is 17.6 Å². The molecule has 0 unspecified atom stereocenters. The molecule has 1 atom stereocenters. The van der Waals surface area contributed by atoms with Crippen LogP contribution in [-0.2, 0) is 21.2 Å². The van der Waals surface area contributed by atoms with E-state index in [-0.39, 0.29) is 12.1 Å². The largest absolute Gasteiger partial charge is 0.493 e. The maximum Gasteiger partial charge on any atom is 0.243 e. The normalized spacial score (nSPS) is 12.2. The molecule has 9 heteroatoms. The maximum atomic E-state index is 13.3. The molecule has 1 N–H and O–H groups in total. The second-order valence-electron chi connectivity index (χ2n) is 6.69. The summed E-state index contributed by atoms with van der Waals surface area (Å²) in [6.45, 7) is 2.03. The molecule has 2 rings (SSSR count). The molecule has 0 fully saturated rings. The molecule has 30 heavy (non-hydrogen) atoms. The molecule has 0 radical (unpaired) electrons. The van der Waals surface area contributed by atoms with Gasteiger partial charge >= 0.3 is 0 Å². The van der Waals surface area contributed by atoms with E-state index in [1.54, 1.807) is 27.2 Å². The first-order valence-corrected chi connectivity index (χ1v) is 11.3. The Morgan fingerprint density at radius 2 is 1.73 bits per heavy atom. The molecule has 0 aliphatic rings. The minimum Gasteiger partial charge on any atom is -0.493 e. The Morgan fingerprint density at radius 3 is 2.27 bits per heavy atom.